The van der Waals surface area contributed by atoms with Crippen LogP contribution >= 0.6 is 11.3 Å². The van der Waals surface area contributed by atoms with Crippen LogP contribution in [0.15, 0.2) is 5.38 Å². The van der Waals surface area contributed by atoms with Gasteiger partial charge in [-0.1, -0.05) is 0 Å². The topological polar surface area (TPSA) is 91.5 Å². The van der Waals surface area contributed by atoms with E-state index in [1.54, 1.807) is 19.2 Å². The molecule has 1 aromatic rings. The molecule has 1 spiro atoms. The first-order valence-electron chi connectivity index (χ1n) is 6.02. The Hall–Kier alpha value is -1.63. The van der Waals surface area contributed by atoms with Crippen LogP contribution in [-0.4, -0.2) is 23.0 Å². The number of hydrogen-bond donors (Lipinski definition) is 1. The predicted molar refractivity (Wildman–Crippen MR) is 67.2 cm³/mol. The highest BCUT2D eigenvalue weighted by molar-refractivity contribution is 7.13. The normalized spacial score (nSPS) is 37.7. The molecule has 7 heteroatoms. The summed E-state index contributed by atoms with van der Waals surface area (Å²) in [6.07, 6.45) is 0.355. The van der Waals surface area contributed by atoms with Gasteiger partial charge in [0, 0.05) is 18.2 Å². The van der Waals surface area contributed by atoms with Crippen molar-refractivity contribution in [1.82, 2.24) is 4.98 Å². The number of carbonyl (C=O) groups excluding carboxylic acids is 2. The second kappa shape index (κ2) is 3.69. The van der Waals surface area contributed by atoms with E-state index < -0.39 is 23.0 Å². The van der Waals surface area contributed by atoms with Crippen molar-refractivity contribution in [2.45, 2.75) is 38.4 Å². The summed E-state index contributed by atoms with van der Waals surface area (Å²) in [5, 5.41) is 2.17. The Morgan fingerprint density at radius 1 is 1.47 bits per heavy atom. The molecule has 2 aliphatic heterocycles. The van der Waals surface area contributed by atoms with Crippen LogP contribution in [0.3, 0.4) is 0 Å². The number of cyclic esters (lactones) is 2. The third kappa shape index (κ3) is 1.64. The van der Waals surface area contributed by atoms with Crippen LogP contribution in [-0.2, 0) is 24.7 Å². The van der Waals surface area contributed by atoms with Crippen molar-refractivity contribution >= 4 is 28.4 Å². The second-order valence-corrected chi connectivity index (χ2v) is 6.26. The number of hydrogen-bond acceptors (Lipinski definition) is 7. The lowest BCUT2D eigenvalue weighted by Gasteiger charge is -2.20. The second-order valence-electron chi connectivity index (χ2n) is 5.37. The Kier molecular flexibility index (Phi) is 2.41. The van der Waals surface area contributed by atoms with Crippen LogP contribution in [0.2, 0.25) is 0 Å². The van der Waals surface area contributed by atoms with E-state index in [1.807, 2.05) is 0 Å². The summed E-state index contributed by atoms with van der Waals surface area (Å²) in [6, 6.07) is 0. The van der Waals surface area contributed by atoms with Crippen LogP contribution in [0, 0.1) is 5.41 Å². The summed E-state index contributed by atoms with van der Waals surface area (Å²) in [5.41, 5.74) is 4.12. The van der Waals surface area contributed by atoms with Gasteiger partial charge in [0.15, 0.2) is 16.1 Å². The number of aromatic nitrogens is 1. The molecule has 2 N–H and O–H groups in total. The standard InChI is InChI=1S/C12H14N2O4S/c1-6-3-12(8(15)17-6)5-11(2,18-9(12)16)7-4-19-10(13)14-7/h4,6H,3,5H2,1-2H3,(H2,13,14). The minimum absolute atomic E-state index is 0.255. The molecule has 1 aromatic heterocycles. The Morgan fingerprint density at radius 3 is 2.74 bits per heavy atom. The van der Waals surface area contributed by atoms with E-state index in [1.165, 1.54) is 11.3 Å². The molecule has 3 atom stereocenters. The van der Waals surface area contributed by atoms with Crippen molar-refractivity contribution < 1.29 is 19.1 Å². The largest absolute Gasteiger partial charge is 0.462 e. The average Bonchev–Trinajstić information content (AvgIpc) is 2.91. The Bertz CT molecular complexity index is 572. The zero-order valence-electron chi connectivity index (χ0n) is 10.6. The molecule has 2 saturated heterocycles. The molecule has 2 fully saturated rings. The maximum atomic E-state index is 12.2. The van der Waals surface area contributed by atoms with E-state index in [0.717, 1.165) is 0 Å². The minimum atomic E-state index is -1.17. The van der Waals surface area contributed by atoms with Crippen molar-refractivity contribution in [2.24, 2.45) is 5.41 Å². The van der Waals surface area contributed by atoms with Gasteiger partial charge < -0.3 is 15.2 Å². The quantitative estimate of drug-likeness (QED) is 0.615. The monoisotopic (exact) mass is 282 g/mol. The van der Waals surface area contributed by atoms with Gasteiger partial charge in [0.05, 0.1) is 5.69 Å². The molecule has 3 unspecified atom stereocenters. The average molecular weight is 282 g/mol. The third-order valence-corrected chi connectivity index (χ3v) is 4.42. The fourth-order valence-corrected chi connectivity index (χ4v) is 3.57. The molecular weight excluding hydrogens is 268 g/mol. The summed E-state index contributed by atoms with van der Waals surface area (Å²) in [7, 11) is 0. The first-order valence-corrected chi connectivity index (χ1v) is 6.90. The zero-order valence-corrected chi connectivity index (χ0v) is 11.5. The van der Waals surface area contributed by atoms with Crippen molar-refractivity contribution in [1.29, 1.82) is 0 Å². The van der Waals surface area contributed by atoms with Gasteiger partial charge in [-0.05, 0) is 13.8 Å². The van der Waals surface area contributed by atoms with Crippen LogP contribution < -0.4 is 5.73 Å². The van der Waals surface area contributed by atoms with E-state index >= 15 is 0 Å². The molecule has 0 radical (unpaired) electrons. The molecule has 0 bridgehead atoms. The van der Waals surface area contributed by atoms with E-state index in [-0.39, 0.29) is 12.5 Å². The number of nitrogens with zero attached hydrogens (tertiary/aromatic N) is 1. The lowest BCUT2D eigenvalue weighted by Crippen LogP contribution is -2.31. The van der Waals surface area contributed by atoms with Crippen molar-refractivity contribution in [3.8, 4) is 0 Å². The third-order valence-electron chi connectivity index (χ3n) is 3.75. The first kappa shape index (κ1) is 12.4. The number of anilines is 1. The highest BCUT2D eigenvalue weighted by Crippen LogP contribution is 2.52. The molecule has 0 amide bonds. The number of esters is 2. The SMILES string of the molecule is CC1CC2(CC(C)(c3csc(N)n3)OC2=O)C(=O)O1. The first-order chi connectivity index (χ1) is 8.86. The Balaban J connectivity index is 1.98. The van der Waals surface area contributed by atoms with Crippen molar-refractivity contribution in [2.75, 3.05) is 5.73 Å². The molecule has 6 nitrogen and oxygen atoms in total. The summed E-state index contributed by atoms with van der Waals surface area (Å²) in [5.74, 6) is -1.01. The van der Waals surface area contributed by atoms with Crippen LogP contribution in [0.4, 0.5) is 5.13 Å². The number of nitrogen functional groups attached to an aromatic ring is 1. The van der Waals surface area contributed by atoms with Gasteiger partial charge in [0.25, 0.3) is 0 Å². The molecule has 0 aromatic carbocycles. The highest BCUT2D eigenvalue weighted by atomic mass is 32.1. The Labute approximate surface area is 113 Å². The highest BCUT2D eigenvalue weighted by Gasteiger charge is 2.65. The van der Waals surface area contributed by atoms with Gasteiger partial charge in [0.1, 0.15) is 6.10 Å². The van der Waals surface area contributed by atoms with Gasteiger partial charge in [0.2, 0.25) is 0 Å². The minimum Gasteiger partial charge on any atom is -0.462 e. The van der Waals surface area contributed by atoms with Crippen LogP contribution in [0.25, 0.3) is 0 Å². The number of thiazole rings is 1. The molecule has 102 valence electrons. The number of nitrogens with two attached hydrogens (primary N) is 1. The van der Waals surface area contributed by atoms with Gasteiger partial charge in [-0.25, -0.2) is 4.98 Å². The summed E-state index contributed by atoms with van der Waals surface area (Å²) in [6.45, 7) is 3.53. The molecular formula is C12H14N2O4S. The van der Waals surface area contributed by atoms with Crippen LogP contribution in [0.1, 0.15) is 32.4 Å². The number of carbonyl (C=O) groups is 2. The number of rotatable bonds is 1. The van der Waals surface area contributed by atoms with Crippen molar-refractivity contribution in [3.63, 3.8) is 0 Å². The fraction of sp³-hybridized carbons (Fsp3) is 0.583. The van der Waals surface area contributed by atoms with Gasteiger partial charge in [-0.15, -0.1) is 11.3 Å². The maximum Gasteiger partial charge on any atom is 0.324 e. The molecule has 3 rings (SSSR count). The van der Waals surface area contributed by atoms with E-state index in [4.69, 9.17) is 15.2 Å². The molecule has 0 aliphatic carbocycles. The van der Waals surface area contributed by atoms with Gasteiger partial charge >= 0.3 is 11.9 Å². The zero-order chi connectivity index (χ0) is 13.8. The smallest absolute Gasteiger partial charge is 0.324 e. The summed E-state index contributed by atoms with van der Waals surface area (Å²) >= 11 is 1.28. The predicted octanol–water partition coefficient (Wildman–Crippen LogP) is 1.21. The molecule has 3 heterocycles. The van der Waals surface area contributed by atoms with Crippen LogP contribution in [0.5, 0.6) is 0 Å². The molecule has 19 heavy (non-hydrogen) atoms. The Morgan fingerprint density at radius 2 is 2.21 bits per heavy atom. The van der Waals surface area contributed by atoms with Crippen molar-refractivity contribution in [3.05, 3.63) is 11.1 Å². The lowest BCUT2D eigenvalue weighted by molar-refractivity contribution is -0.160. The molecule has 0 saturated carbocycles. The van der Waals surface area contributed by atoms with Gasteiger partial charge in [-0.3, -0.25) is 9.59 Å². The van der Waals surface area contributed by atoms with E-state index in [9.17, 15) is 9.59 Å². The summed E-state index contributed by atoms with van der Waals surface area (Å²) in [4.78, 5) is 28.3. The van der Waals surface area contributed by atoms with E-state index in [0.29, 0.717) is 17.2 Å². The fourth-order valence-electron chi connectivity index (χ4n) is 2.88. The lowest BCUT2D eigenvalue weighted by atomic mass is 9.78. The van der Waals surface area contributed by atoms with Gasteiger partial charge in [-0.2, -0.15) is 0 Å². The van der Waals surface area contributed by atoms with E-state index in [2.05, 4.69) is 4.98 Å². The number of ether oxygens (including phenoxy) is 2. The molecule has 2 aliphatic rings. The summed E-state index contributed by atoms with van der Waals surface area (Å²) < 4.78 is 10.6. The maximum absolute atomic E-state index is 12.2.